The number of benzene rings is 1. The van der Waals surface area contributed by atoms with Gasteiger partial charge in [0.25, 0.3) is 0 Å². The molecule has 0 saturated carbocycles. The molecule has 1 aliphatic heterocycles. The number of anilines is 1. The number of carboxylic acids is 1. The van der Waals surface area contributed by atoms with Crippen molar-refractivity contribution in [2.45, 2.75) is 13.0 Å². The molecule has 0 aliphatic carbocycles. The van der Waals surface area contributed by atoms with E-state index < -0.39 is 23.2 Å². The second kappa shape index (κ2) is 4.86. The van der Waals surface area contributed by atoms with Crippen LogP contribution in [0, 0.1) is 22.6 Å². The first-order chi connectivity index (χ1) is 8.97. The maximum atomic E-state index is 13.0. The molecule has 1 aromatic carbocycles. The van der Waals surface area contributed by atoms with Crippen LogP contribution in [-0.2, 0) is 9.53 Å². The Kier molecular flexibility index (Phi) is 3.40. The topological polar surface area (TPSA) is 82.3 Å². The molecule has 0 aromatic heterocycles. The van der Waals surface area contributed by atoms with Crippen LogP contribution >= 0.6 is 0 Å². The van der Waals surface area contributed by atoms with Gasteiger partial charge >= 0.3 is 5.97 Å². The summed E-state index contributed by atoms with van der Waals surface area (Å²) in [4.78, 5) is 11.3. The number of carbonyl (C=O) groups is 1. The molecule has 1 saturated heterocycles. The molecule has 0 bridgehead atoms. The van der Waals surface area contributed by atoms with E-state index in [-0.39, 0.29) is 18.8 Å². The number of ether oxygens (including phenoxy) is 1. The minimum Gasteiger partial charge on any atom is -0.481 e. The molecule has 1 heterocycles. The summed E-state index contributed by atoms with van der Waals surface area (Å²) in [5.74, 6) is -1.48. The van der Waals surface area contributed by atoms with Gasteiger partial charge in [-0.1, -0.05) is 0 Å². The molecule has 0 spiro atoms. The molecule has 6 heteroatoms. The Morgan fingerprint density at radius 3 is 3.05 bits per heavy atom. The minimum absolute atomic E-state index is 0.100. The highest BCUT2D eigenvalue weighted by Gasteiger charge is 2.46. The molecule has 19 heavy (non-hydrogen) atoms. The highest BCUT2D eigenvalue weighted by molar-refractivity contribution is 5.77. The first-order valence-electron chi connectivity index (χ1n) is 5.74. The summed E-state index contributed by atoms with van der Waals surface area (Å²) in [7, 11) is 0. The number of aliphatic carboxylic acids is 1. The molecule has 5 nitrogen and oxygen atoms in total. The van der Waals surface area contributed by atoms with Crippen molar-refractivity contribution in [3.63, 3.8) is 0 Å². The maximum absolute atomic E-state index is 13.0. The first-order valence-corrected chi connectivity index (χ1v) is 5.74. The fourth-order valence-electron chi connectivity index (χ4n) is 2.01. The predicted octanol–water partition coefficient (Wildman–Crippen LogP) is 1.60. The number of carboxylic acid groups (broad SMARTS) is 1. The molecule has 1 aromatic rings. The molecule has 2 rings (SSSR count). The Bertz CT molecular complexity index is 555. The summed E-state index contributed by atoms with van der Waals surface area (Å²) < 4.78 is 18.2. The Labute approximate surface area is 109 Å². The van der Waals surface area contributed by atoms with Crippen molar-refractivity contribution in [1.29, 1.82) is 5.26 Å². The highest BCUT2D eigenvalue weighted by atomic mass is 19.1. The van der Waals surface area contributed by atoms with Gasteiger partial charge in [0, 0.05) is 0 Å². The molecule has 0 amide bonds. The quantitative estimate of drug-likeness (QED) is 0.866. The summed E-state index contributed by atoms with van der Waals surface area (Å²) in [5, 5.41) is 21.2. The Balaban J connectivity index is 2.27. The normalized spacial score (nSPS) is 25.8. The van der Waals surface area contributed by atoms with E-state index in [0.717, 1.165) is 6.07 Å². The van der Waals surface area contributed by atoms with E-state index in [0.29, 0.717) is 5.69 Å². The third kappa shape index (κ3) is 2.37. The van der Waals surface area contributed by atoms with Crippen LogP contribution < -0.4 is 5.32 Å². The lowest BCUT2D eigenvalue weighted by Crippen LogP contribution is -2.43. The van der Waals surface area contributed by atoms with Gasteiger partial charge in [-0.05, 0) is 25.1 Å². The molecule has 1 aliphatic rings. The lowest BCUT2D eigenvalue weighted by molar-refractivity contribution is -0.148. The van der Waals surface area contributed by atoms with E-state index in [1.54, 1.807) is 6.92 Å². The lowest BCUT2D eigenvalue weighted by Gasteiger charge is -2.26. The largest absolute Gasteiger partial charge is 0.481 e. The summed E-state index contributed by atoms with van der Waals surface area (Å²) >= 11 is 0. The van der Waals surface area contributed by atoms with Gasteiger partial charge in [0.1, 0.15) is 17.3 Å². The SMILES string of the molecule is CC1(C(=O)O)COCC1Nc1ccc(F)cc1C#N. The molecule has 100 valence electrons. The number of nitrogens with one attached hydrogen (secondary N) is 1. The zero-order valence-electron chi connectivity index (χ0n) is 10.3. The van der Waals surface area contributed by atoms with E-state index in [1.165, 1.54) is 12.1 Å². The van der Waals surface area contributed by atoms with E-state index in [9.17, 15) is 14.3 Å². The fourth-order valence-corrected chi connectivity index (χ4v) is 2.01. The van der Waals surface area contributed by atoms with Gasteiger partial charge in [0.05, 0.1) is 30.5 Å². The minimum atomic E-state index is -1.07. The van der Waals surface area contributed by atoms with Gasteiger partial charge in [-0.2, -0.15) is 5.26 Å². The van der Waals surface area contributed by atoms with Crippen LogP contribution in [0.5, 0.6) is 0 Å². The monoisotopic (exact) mass is 264 g/mol. The smallest absolute Gasteiger partial charge is 0.313 e. The molecule has 2 N–H and O–H groups in total. The third-order valence-electron chi connectivity index (χ3n) is 3.38. The highest BCUT2D eigenvalue weighted by Crippen LogP contribution is 2.32. The number of nitrogens with zero attached hydrogens (tertiary/aromatic N) is 1. The van der Waals surface area contributed by atoms with Crippen molar-refractivity contribution < 1.29 is 19.0 Å². The Hall–Kier alpha value is -2.13. The van der Waals surface area contributed by atoms with E-state index in [4.69, 9.17) is 10.00 Å². The van der Waals surface area contributed by atoms with Crippen molar-refractivity contribution in [3.8, 4) is 6.07 Å². The van der Waals surface area contributed by atoms with Crippen molar-refractivity contribution >= 4 is 11.7 Å². The Morgan fingerprint density at radius 1 is 1.68 bits per heavy atom. The van der Waals surface area contributed by atoms with Crippen molar-refractivity contribution in [1.82, 2.24) is 0 Å². The zero-order valence-corrected chi connectivity index (χ0v) is 10.3. The van der Waals surface area contributed by atoms with Crippen LogP contribution in [0.15, 0.2) is 18.2 Å². The second-order valence-electron chi connectivity index (χ2n) is 4.74. The van der Waals surface area contributed by atoms with Gasteiger partial charge in [0.2, 0.25) is 0 Å². The second-order valence-corrected chi connectivity index (χ2v) is 4.74. The van der Waals surface area contributed by atoms with Gasteiger partial charge in [-0.25, -0.2) is 4.39 Å². The molecule has 2 unspecified atom stereocenters. The number of hydrogen-bond acceptors (Lipinski definition) is 4. The molecular weight excluding hydrogens is 251 g/mol. The average molecular weight is 264 g/mol. The van der Waals surface area contributed by atoms with Gasteiger partial charge in [-0.3, -0.25) is 4.79 Å². The summed E-state index contributed by atoms with van der Waals surface area (Å²) in [6.45, 7) is 1.91. The van der Waals surface area contributed by atoms with Gasteiger partial charge < -0.3 is 15.2 Å². The number of rotatable bonds is 3. The number of halogens is 1. The summed E-state index contributed by atoms with van der Waals surface area (Å²) in [6, 6.07) is 5.16. The third-order valence-corrected chi connectivity index (χ3v) is 3.38. The van der Waals surface area contributed by atoms with Gasteiger partial charge in [-0.15, -0.1) is 0 Å². The predicted molar refractivity (Wildman–Crippen MR) is 65.1 cm³/mol. The van der Waals surface area contributed by atoms with Crippen LogP contribution in [-0.4, -0.2) is 30.3 Å². The molecule has 2 atom stereocenters. The molecule has 1 fully saturated rings. The van der Waals surface area contributed by atoms with Crippen LogP contribution in [0.2, 0.25) is 0 Å². The van der Waals surface area contributed by atoms with Crippen LogP contribution in [0.25, 0.3) is 0 Å². The summed E-state index contributed by atoms with van der Waals surface area (Å²) in [6.07, 6.45) is 0. The Morgan fingerprint density at radius 2 is 2.42 bits per heavy atom. The van der Waals surface area contributed by atoms with Crippen molar-refractivity contribution in [3.05, 3.63) is 29.6 Å². The van der Waals surface area contributed by atoms with Crippen molar-refractivity contribution in [2.75, 3.05) is 18.5 Å². The van der Waals surface area contributed by atoms with E-state index in [1.807, 2.05) is 6.07 Å². The van der Waals surface area contributed by atoms with Crippen LogP contribution in [0.4, 0.5) is 10.1 Å². The lowest BCUT2D eigenvalue weighted by atomic mass is 9.85. The van der Waals surface area contributed by atoms with E-state index >= 15 is 0 Å². The number of hydrogen-bond donors (Lipinski definition) is 2. The standard InChI is InChI=1S/C13H13FN2O3/c1-13(12(17)18)7-19-6-11(13)16-10-3-2-9(14)4-8(10)5-15/h2-4,11,16H,6-7H2,1H3,(H,17,18). The maximum Gasteiger partial charge on any atom is 0.313 e. The zero-order chi connectivity index (χ0) is 14.0. The number of nitriles is 1. The van der Waals surface area contributed by atoms with Gasteiger partial charge in [0.15, 0.2) is 0 Å². The molecular formula is C13H13FN2O3. The summed E-state index contributed by atoms with van der Waals surface area (Å²) in [5.41, 5.74) is -0.521. The fraction of sp³-hybridized carbons (Fsp3) is 0.385. The average Bonchev–Trinajstić information content (AvgIpc) is 2.74. The molecule has 0 radical (unpaired) electrons. The van der Waals surface area contributed by atoms with Crippen LogP contribution in [0.3, 0.4) is 0 Å². The van der Waals surface area contributed by atoms with E-state index in [2.05, 4.69) is 5.32 Å². The van der Waals surface area contributed by atoms with Crippen molar-refractivity contribution in [2.24, 2.45) is 5.41 Å². The first kappa shape index (κ1) is 13.3. The van der Waals surface area contributed by atoms with Crippen LogP contribution in [0.1, 0.15) is 12.5 Å².